The van der Waals surface area contributed by atoms with E-state index in [1.165, 1.54) is 77.0 Å². The van der Waals surface area contributed by atoms with Gasteiger partial charge in [-0.25, -0.2) is 4.79 Å². The van der Waals surface area contributed by atoms with Crippen LogP contribution >= 0.6 is 0 Å². The van der Waals surface area contributed by atoms with Gasteiger partial charge in [0.2, 0.25) is 0 Å². The van der Waals surface area contributed by atoms with Crippen molar-refractivity contribution in [3.8, 4) is 0 Å². The van der Waals surface area contributed by atoms with Crippen LogP contribution in [-0.2, 0) is 23.8 Å². The van der Waals surface area contributed by atoms with Crippen LogP contribution in [0, 0.1) is 0 Å². The van der Waals surface area contributed by atoms with Gasteiger partial charge in [0.25, 0.3) is 0 Å². The Bertz CT molecular complexity index is 929. The van der Waals surface area contributed by atoms with Gasteiger partial charge in [-0.1, -0.05) is 156 Å². The molecule has 0 bridgehead atoms. The van der Waals surface area contributed by atoms with Gasteiger partial charge in [0.15, 0.2) is 0 Å². The van der Waals surface area contributed by atoms with Crippen molar-refractivity contribution in [3.05, 3.63) is 0 Å². The fourth-order valence-corrected chi connectivity index (χ4v) is 8.52. The van der Waals surface area contributed by atoms with Gasteiger partial charge in [-0.15, -0.1) is 0 Å². The number of carbonyl (C=O) groups is 3. The van der Waals surface area contributed by atoms with Gasteiger partial charge in [-0.3, -0.25) is 9.59 Å². The van der Waals surface area contributed by atoms with Crippen molar-refractivity contribution < 1.29 is 33.7 Å². The number of unbranched alkanes of at least 4 members (excludes halogenated alkanes) is 22. The maximum atomic E-state index is 13.4. The number of amides is 1. The lowest BCUT2D eigenvalue weighted by atomic mass is 10.0. The molecule has 0 fully saturated rings. The van der Waals surface area contributed by atoms with E-state index in [-0.39, 0.29) is 43.0 Å². The summed E-state index contributed by atoms with van der Waals surface area (Å²) in [6, 6.07) is 0. The van der Waals surface area contributed by atoms with Crippen molar-refractivity contribution in [2.24, 2.45) is 0 Å². The molecule has 0 unspecified atom stereocenters. The number of nitrogens with zero attached hydrogens (tertiary/aromatic N) is 2. The number of hydrogen-bond donors (Lipinski definition) is 1. The first-order valence-electron chi connectivity index (χ1n) is 27.3. The van der Waals surface area contributed by atoms with Crippen LogP contribution in [0.5, 0.6) is 0 Å². The van der Waals surface area contributed by atoms with Crippen molar-refractivity contribution in [2.45, 2.75) is 290 Å². The third-order valence-electron chi connectivity index (χ3n) is 12.6. The number of aliphatic hydroxyl groups excluding tert-OH is 1. The van der Waals surface area contributed by atoms with E-state index < -0.39 is 0 Å². The zero-order valence-corrected chi connectivity index (χ0v) is 42.7. The number of ether oxygens (including phenoxy) is 3. The summed E-state index contributed by atoms with van der Waals surface area (Å²) in [4.78, 5) is 42.8. The number of esters is 2. The largest absolute Gasteiger partial charge is 0.462 e. The molecule has 0 saturated carbocycles. The van der Waals surface area contributed by atoms with Gasteiger partial charge in [-0.05, 0) is 123 Å². The average Bonchev–Trinajstić information content (AvgIpc) is 3.26. The first kappa shape index (κ1) is 61.1. The second-order valence-electron chi connectivity index (χ2n) is 19.2. The number of rotatable bonds is 48. The Morgan fingerprint density at radius 1 is 0.381 bits per heavy atom. The summed E-state index contributed by atoms with van der Waals surface area (Å²) >= 11 is 0. The average molecular weight is 895 g/mol. The van der Waals surface area contributed by atoms with E-state index in [1.807, 2.05) is 14.1 Å². The van der Waals surface area contributed by atoms with Crippen molar-refractivity contribution in [2.75, 3.05) is 40.3 Å². The molecular weight excluding hydrogens is 789 g/mol. The van der Waals surface area contributed by atoms with E-state index in [9.17, 15) is 19.5 Å². The van der Waals surface area contributed by atoms with E-state index in [0.717, 1.165) is 154 Å². The van der Waals surface area contributed by atoms with Crippen LogP contribution in [0.4, 0.5) is 4.79 Å². The lowest BCUT2D eigenvalue weighted by molar-refractivity contribution is -0.151. The van der Waals surface area contributed by atoms with Crippen LogP contribution in [-0.4, -0.2) is 91.6 Å². The van der Waals surface area contributed by atoms with Gasteiger partial charge in [0, 0.05) is 32.5 Å². The van der Waals surface area contributed by atoms with Crippen LogP contribution < -0.4 is 0 Å². The molecule has 9 nitrogen and oxygen atoms in total. The molecule has 63 heavy (non-hydrogen) atoms. The molecule has 0 atom stereocenters. The predicted molar refractivity (Wildman–Crippen MR) is 265 cm³/mol. The minimum atomic E-state index is -0.251. The van der Waals surface area contributed by atoms with Crippen LogP contribution in [0.15, 0.2) is 0 Å². The van der Waals surface area contributed by atoms with Crippen molar-refractivity contribution in [1.82, 2.24) is 9.80 Å². The molecule has 0 spiro atoms. The Balaban J connectivity index is 4.82. The van der Waals surface area contributed by atoms with Crippen molar-refractivity contribution in [3.63, 3.8) is 0 Å². The summed E-state index contributed by atoms with van der Waals surface area (Å²) in [7, 11) is 4.08. The van der Waals surface area contributed by atoms with Gasteiger partial charge in [-0.2, -0.15) is 0 Å². The Morgan fingerprint density at radius 3 is 1.02 bits per heavy atom. The molecule has 0 aliphatic rings. The third kappa shape index (κ3) is 41.3. The van der Waals surface area contributed by atoms with Crippen LogP contribution in [0.25, 0.3) is 0 Å². The van der Waals surface area contributed by atoms with Crippen molar-refractivity contribution >= 4 is 18.0 Å². The minimum absolute atomic E-state index is 0.0182. The lowest BCUT2D eigenvalue weighted by Gasteiger charge is -2.26. The Morgan fingerprint density at radius 2 is 0.683 bits per heavy atom. The molecule has 0 aromatic rings. The minimum Gasteiger partial charge on any atom is -0.462 e. The smallest absolute Gasteiger partial charge is 0.410 e. The fraction of sp³-hybridized carbons (Fsp3) is 0.944. The highest BCUT2D eigenvalue weighted by molar-refractivity contribution is 5.70. The zero-order valence-electron chi connectivity index (χ0n) is 42.7. The Hall–Kier alpha value is -1.87. The molecule has 0 aliphatic carbocycles. The highest BCUT2D eigenvalue weighted by Gasteiger charge is 2.21. The Kier molecular flexibility index (Phi) is 45.3. The third-order valence-corrected chi connectivity index (χ3v) is 12.6. The molecule has 0 aliphatic heterocycles. The fourth-order valence-electron chi connectivity index (χ4n) is 8.52. The summed E-state index contributed by atoms with van der Waals surface area (Å²) in [5.74, 6) is -0.0363. The summed E-state index contributed by atoms with van der Waals surface area (Å²) < 4.78 is 18.2. The second-order valence-corrected chi connectivity index (χ2v) is 19.2. The summed E-state index contributed by atoms with van der Waals surface area (Å²) in [6.45, 7) is 11.0. The molecule has 0 aromatic heterocycles. The standard InChI is InChI=1S/C54H106N2O7/c1-7-11-15-27-37-49(38-28-16-12-8-2)61-52(58)43-33-25-21-19-23-31-41-51(63-54(60)56(47-36-48-57)46-35-45-55(5)6)42-32-24-20-22-26-34-44-53(59)62-50(39-29-17-13-9-3)40-30-18-14-10-4/h49-51,57H,7-48H2,1-6H3. The number of carbonyl (C=O) groups excluding carboxylic acids is 3. The molecular formula is C54H106N2O7. The predicted octanol–water partition coefficient (Wildman–Crippen LogP) is 15.1. The van der Waals surface area contributed by atoms with E-state index in [0.29, 0.717) is 32.4 Å². The molecule has 0 rings (SSSR count). The van der Waals surface area contributed by atoms with E-state index in [2.05, 4.69) is 32.6 Å². The van der Waals surface area contributed by atoms with Crippen LogP contribution in [0.1, 0.15) is 272 Å². The molecule has 0 radical (unpaired) electrons. The topological polar surface area (TPSA) is 106 Å². The highest BCUT2D eigenvalue weighted by atomic mass is 16.6. The number of aliphatic hydroxyl groups is 1. The highest BCUT2D eigenvalue weighted by Crippen LogP contribution is 2.21. The molecule has 9 heteroatoms. The SMILES string of the molecule is CCCCCCC(CCCCCC)OC(=O)CCCCCCCCC(CCCCCCCCC(=O)OC(CCCCCC)CCCCCC)OC(=O)N(CCCO)CCCN(C)C. The monoisotopic (exact) mass is 895 g/mol. The van der Waals surface area contributed by atoms with E-state index >= 15 is 0 Å². The molecule has 0 aromatic carbocycles. The summed E-state index contributed by atoms with van der Waals surface area (Å²) in [5.41, 5.74) is 0. The maximum Gasteiger partial charge on any atom is 0.410 e. The normalized spacial score (nSPS) is 11.7. The van der Waals surface area contributed by atoms with Gasteiger partial charge >= 0.3 is 18.0 Å². The van der Waals surface area contributed by atoms with Gasteiger partial charge in [0.05, 0.1) is 0 Å². The van der Waals surface area contributed by atoms with Gasteiger partial charge < -0.3 is 29.1 Å². The van der Waals surface area contributed by atoms with E-state index in [1.54, 1.807) is 4.90 Å². The van der Waals surface area contributed by atoms with Gasteiger partial charge in [0.1, 0.15) is 18.3 Å². The first-order valence-corrected chi connectivity index (χ1v) is 27.3. The number of hydrogen-bond acceptors (Lipinski definition) is 8. The maximum absolute atomic E-state index is 13.4. The van der Waals surface area contributed by atoms with Crippen LogP contribution in [0.3, 0.4) is 0 Å². The van der Waals surface area contributed by atoms with E-state index in [4.69, 9.17) is 14.2 Å². The molecule has 0 heterocycles. The molecule has 1 amide bonds. The molecule has 1 N–H and O–H groups in total. The quantitative estimate of drug-likeness (QED) is 0.0366. The summed E-state index contributed by atoms with van der Waals surface area (Å²) in [5, 5.41) is 9.50. The zero-order chi connectivity index (χ0) is 46.4. The van der Waals surface area contributed by atoms with Crippen LogP contribution in [0.2, 0.25) is 0 Å². The van der Waals surface area contributed by atoms with Crippen molar-refractivity contribution in [1.29, 1.82) is 0 Å². The Labute approximate surface area is 390 Å². The molecule has 0 saturated heterocycles. The first-order chi connectivity index (χ1) is 30.7. The lowest BCUT2D eigenvalue weighted by Crippen LogP contribution is -2.37. The second kappa shape index (κ2) is 46.7. The summed E-state index contributed by atoms with van der Waals surface area (Å²) in [6.07, 6.45) is 39.9. The molecule has 374 valence electrons.